The van der Waals surface area contributed by atoms with Crippen molar-refractivity contribution in [2.45, 2.75) is 45.4 Å². The van der Waals surface area contributed by atoms with Crippen molar-refractivity contribution in [2.75, 3.05) is 6.61 Å². The zero-order valence-electron chi connectivity index (χ0n) is 19.6. The summed E-state index contributed by atoms with van der Waals surface area (Å²) in [5, 5.41) is 9.16. The van der Waals surface area contributed by atoms with Crippen LogP contribution in [-0.4, -0.2) is 33.8 Å². The van der Waals surface area contributed by atoms with E-state index in [1.165, 1.54) is 24.3 Å². The highest BCUT2D eigenvalue weighted by atomic mass is 19.4. The van der Waals surface area contributed by atoms with Gasteiger partial charge in [0, 0.05) is 17.2 Å². The Morgan fingerprint density at radius 1 is 1.03 bits per heavy atom. The number of hydrogen-bond donors (Lipinski definition) is 1. The predicted molar refractivity (Wildman–Crippen MR) is 124 cm³/mol. The predicted octanol–water partition coefficient (Wildman–Crippen LogP) is 6.44. The van der Waals surface area contributed by atoms with Crippen molar-refractivity contribution in [1.82, 2.24) is 9.97 Å². The van der Waals surface area contributed by atoms with Crippen LogP contribution in [0.25, 0.3) is 11.3 Å². The van der Waals surface area contributed by atoms with Crippen molar-refractivity contribution in [3.05, 3.63) is 72.1 Å². The zero-order chi connectivity index (χ0) is 25.6. The van der Waals surface area contributed by atoms with Crippen molar-refractivity contribution >= 4 is 5.97 Å². The fourth-order valence-corrected chi connectivity index (χ4v) is 3.31. The molecule has 0 saturated carbocycles. The summed E-state index contributed by atoms with van der Waals surface area (Å²) in [6.45, 7) is 5.86. The second kappa shape index (κ2) is 11.2. The number of hydrogen-bond acceptors (Lipinski definition) is 5. The van der Waals surface area contributed by atoms with E-state index in [2.05, 4.69) is 9.97 Å². The van der Waals surface area contributed by atoms with Crippen LogP contribution in [0.3, 0.4) is 0 Å². The molecule has 2 atom stereocenters. The average Bonchev–Trinajstić information content (AvgIpc) is 2.82. The van der Waals surface area contributed by atoms with Gasteiger partial charge in [-0.05, 0) is 30.9 Å². The van der Waals surface area contributed by atoms with Crippen molar-refractivity contribution in [1.29, 1.82) is 0 Å². The summed E-state index contributed by atoms with van der Waals surface area (Å²) in [6.07, 6.45) is -5.20. The summed E-state index contributed by atoms with van der Waals surface area (Å²) in [6, 6.07) is 13.8. The first-order valence-corrected chi connectivity index (χ1v) is 11.2. The smallest absolute Gasteiger partial charge is 0.429 e. The van der Waals surface area contributed by atoms with Crippen LogP contribution in [0.4, 0.5) is 13.2 Å². The normalized spacial score (nSPS) is 13.3. The number of carboxylic acid groups (broad SMARTS) is 1. The monoisotopic (exact) mass is 488 g/mol. The van der Waals surface area contributed by atoms with E-state index < -0.39 is 24.2 Å². The zero-order valence-corrected chi connectivity index (χ0v) is 19.6. The molecular weight excluding hydrogens is 461 g/mol. The Kier molecular flexibility index (Phi) is 8.32. The lowest BCUT2D eigenvalue weighted by atomic mass is 9.99. The molecule has 1 heterocycles. The number of para-hydroxylation sites is 1. The Labute approximate surface area is 201 Å². The molecule has 6 nitrogen and oxygen atoms in total. The maximum atomic E-state index is 14.1. The molecule has 0 aliphatic heterocycles. The van der Waals surface area contributed by atoms with E-state index in [-0.39, 0.29) is 23.8 Å². The molecule has 3 rings (SSSR count). The quantitative estimate of drug-likeness (QED) is 0.354. The van der Waals surface area contributed by atoms with Gasteiger partial charge in [-0.25, -0.2) is 9.97 Å². The third-order valence-corrected chi connectivity index (χ3v) is 5.41. The number of aliphatic carboxylic acids is 1. The van der Waals surface area contributed by atoms with Gasteiger partial charge in [0.15, 0.2) is 0 Å². The molecule has 0 saturated heterocycles. The van der Waals surface area contributed by atoms with Crippen molar-refractivity contribution in [3.63, 3.8) is 0 Å². The van der Waals surface area contributed by atoms with Crippen LogP contribution in [0.5, 0.6) is 11.6 Å². The SMILES string of the molecule is CC(C)CCOc1ccccc1C(Oc1cc(-c2ccc(C(C)C(=O)O)cc2)ncn1)C(F)(F)F. The first-order chi connectivity index (χ1) is 16.6. The minimum absolute atomic E-state index is 0.105. The van der Waals surface area contributed by atoms with Crippen LogP contribution < -0.4 is 9.47 Å². The van der Waals surface area contributed by atoms with Gasteiger partial charge in [0.25, 0.3) is 0 Å². The lowest BCUT2D eigenvalue weighted by Gasteiger charge is -2.24. The van der Waals surface area contributed by atoms with Crippen LogP contribution in [0, 0.1) is 5.92 Å². The van der Waals surface area contributed by atoms with E-state index >= 15 is 0 Å². The third-order valence-electron chi connectivity index (χ3n) is 5.41. The van der Waals surface area contributed by atoms with Gasteiger partial charge in [0.2, 0.25) is 12.0 Å². The van der Waals surface area contributed by atoms with Gasteiger partial charge in [-0.2, -0.15) is 13.2 Å². The Hall–Kier alpha value is -3.62. The number of alkyl halides is 3. The molecule has 0 aliphatic rings. The number of halogens is 3. The van der Waals surface area contributed by atoms with Gasteiger partial charge in [-0.3, -0.25) is 4.79 Å². The number of aromatic nitrogens is 2. The first-order valence-electron chi connectivity index (χ1n) is 11.2. The molecule has 9 heteroatoms. The van der Waals surface area contributed by atoms with Crippen LogP contribution in [0.15, 0.2) is 60.9 Å². The van der Waals surface area contributed by atoms with Crippen LogP contribution in [-0.2, 0) is 4.79 Å². The van der Waals surface area contributed by atoms with Crippen LogP contribution >= 0.6 is 0 Å². The van der Waals surface area contributed by atoms with Crippen molar-refractivity contribution in [3.8, 4) is 22.9 Å². The molecule has 186 valence electrons. The van der Waals surface area contributed by atoms with Gasteiger partial charge in [0.05, 0.1) is 18.2 Å². The molecule has 2 aromatic carbocycles. The minimum Gasteiger partial charge on any atom is -0.493 e. The molecule has 2 unspecified atom stereocenters. The average molecular weight is 489 g/mol. The second-order valence-corrected chi connectivity index (χ2v) is 8.53. The molecule has 0 radical (unpaired) electrons. The van der Waals surface area contributed by atoms with Crippen molar-refractivity contribution < 1.29 is 32.5 Å². The molecule has 1 aromatic heterocycles. The van der Waals surface area contributed by atoms with Crippen molar-refractivity contribution in [2.24, 2.45) is 5.92 Å². The maximum Gasteiger partial charge on any atom is 0.429 e. The fraction of sp³-hybridized carbons (Fsp3) is 0.346. The van der Waals surface area contributed by atoms with Gasteiger partial charge in [-0.1, -0.05) is 56.3 Å². The summed E-state index contributed by atoms with van der Waals surface area (Å²) in [5.74, 6) is -1.45. The Morgan fingerprint density at radius 2 is 1.71 bits per heavy atom. The highest BCUT2D eigenvalue weighted by Crippen LogP contribution is 2.40. The summed E-state index contributed by atoms with van der Waals surface area (Å²) >= 11 is 0. The fourth-order valence-electron chi connectivity index (χ4n) is 3.31. The summed E-state index contributed by atoms with van der Waals surface area (Å²) in [4.78, 5) is 19.2. The number of nitrogens with zero attached hydrogens (tertiary/aromatic N) is 2. The van der Waals surface area contributed by atoms with Crippen LogP contribution in [0.2, 0.25) is 0 Å². The number of ether oxygens (including phenoxy) is 2. The number of benzene rings is 2. The van der Waals surface area contributed by atoms with Crippen LogP contribution in [0.1, 0.15) is 50.3 Å². The molecule has 0 amide bonds. The van der Waals surface area contributed by atoms with Gasteiger partial charge in [-0.15, -0.1) is 0 Å². The molecule has 0 spiro atoms. The molecule has 0 bridgehead atoms. The molecule has 3 aromatic rings. The first kappa shape index (κ1) is 26.0. The summed E-state index contributed by atoms with van der Waals surface area (Å²) < 4.78 is 53.2. The third kappa shape index (κ3) is 6.94. The molecule has 0 fully saturated rings. The summed E-state index contributed by atoms with van der Waals surface area (Å²) in [5.41, 5.74) is 1.38. The Bertz CT molecular complexity index is 1130. The van der Waals surface area contributed by atoms with Gasteiger partial charge in [0.1, 0.15) is 12.1 Å². The lowest BCUT2D eigenvalue weighted by Crippen LogP contribution is -2.27. The summed E-state index contributed by atoms with van der Waals surface area (Å²) in [7, 11) is 0. The molecular formula is C26H27F3N2O4. The highest BCUT2D eigenvalue weighted by Gasteiger charge is 2.45. The maximum absolute atomic E-state index is 14.1. The second-order valence-electron chi connectivity index (χ2n) is 8.53. The lowest BCUT2D eigenvalue weighted by molar-refractivity contribution is -0.199. The van der Waals surface area contributed by atoms with E-state index in [0.29, 0.717) is 29.2 Å². The van der Waals surface area contributed by atoms with E-state index in [9.17, 15) is 18.0 Å². The van der Waals surface area contributed by atoms with Gasteiger partial charge >= 0.3 is 12.1 Å². The van der Waals surface area contributed by atoms with E-state index in [1.54, 1.807) is 37.3 Å². The Balaban J connectivity index is 1.86. The molecule has 0 aliphatic carbocycles. The van der Waals surface area contributed by atoms with E-state index in [1.807, 2.05) is 13.8 Å². The highest BCUT2D eigenvalue weighted by molar-refractivity contribution is 5.76. The van der Waals surface area contributed by atoms with Gasteiger partial charge < -0.3 is 14.6 Å². The standard InChI is InChI=1S/C26H27F3N2O4/c1-16(2)12-13-34-22-7-5-4-6-20(22)24(26(27,28)29)35-23-14-21(30-15-31-23)19-10-8-18(9-11-19)17(3)25(32)33/h4-11,14-17,24H,12-13H2,1-3H3,(H,32,33). The topological polar surface area (TPSA) is 81.5 Å². The molecule has 35 heavy (non-hydrogen) atoms. The largest absolute Gasteiger partial charge is 0.493 e. The minimum atomic E-state index is -4.72. The Morgan fingerprint density at radius 3 is 2.34 bits per heavy atom. The van der Waals surface area contributed by atoms with E-state index in [0.717, 1.165) is 6.33 Å². The number of carboxylic acids is 1. The number of rotatable bonds is 10. The number of carbonyl (C=O) groups is 1. The molecule has 1 N–H and O–H groups in total. The van der Waals surface area contributed by atoms with E-state index in [4.69, 9.17) is 14.6 Å².